The molecule has 0 atom stereocenters. The number of hydrogen-bond donors (Lipinski definition) is 0. The van der Waals surface area contributed by atoms with E-state index in [1.165, 1.54) is 45.0 Å². The third-order valence-corrected chi connectivity index (χ3v) is 8.51. The molecular formula is C35H41BN4. The summed E-state index contributed by atoms with van der Waals surface area (Å²) in [5.41, 5.74) is 11.8. The van der Waals surface area contributed by atoms with Gasteiger partial charge < -0.3 is 14.4 Å². The maximum atomic E-state index is 5.03. The van der Waals surface area contributed by atoms with Gasteiger partial charge in [0.1, 0.15) is 5.82 Å². The SMILES string of the molecule is CC(C)c1cccc(C(C)C)c1N1B2N(c3ccccc31)c1ncccc1N2c1c(C(C)C)cccc1C(C)C. The lowest BCUT2D eigenvalue weighted by molar-refractivity contribution is 0.830. The first-order valence-electron chi connectivity index (χ1n) is 14.9. The summed E-state index contributed by atoms with van der Waals surface area (Å²) in [5, 5.41) is 0. The highest BCUT2D eigenvalue weighted by atomic mass is 15.5. The topological polar surface area (TPSA) is 22.6 Å². The van der Waals surface area contributed by atoms with Crippen molar-refractivity contribution in [3.8, 4) is 0 Å². The monoisotopic (exact) mass is 528 g/mol. The molecule has 0 saturated carbocycles. The predicted molar refractivity (Wildman–Crippen MR) is 172 cm³/mol. The fourth-order valence-electron chi connectivity index (χ4n) is 6.63. The number of aromatic nitrogens is 1. The lowest BCUT2D eigenvalue weighted by Gasteiger charge is -2.37. The Morgan fingerprint density at radius 1 is 0.475 bits per heavy atom. The number of nitrogens with zero attached hydrogens (tertiary/aromatic N) is 4. The Hall–Kier alpha value is -3.73. The molecule has 0 bridgehead atoms. The first-order valence-corrected chi connectivity index (χ1v) is 14.9. The van der Waals surface area contributed by atoms with Gasteiger partial charge in [0.25, 0.3) is 0 Å². The lowest BCUT2D eigenvalue weighted by atomic mass is 9.80. The van der Waals surface area contributed by atoms with E-state index < -0.39 is 0 Å². The van der Waals surface area contributed by atoms with E-state index in [4.69, 9.17) is 4.98 Å². The van der Waals surface area contributed by atoms with Crippen molar-refractivity contribution < 1.29 is 0 Å². The second-order valence-electron chi connectivity index (χ2n) is 12.5. The Balaban J connectivity index is 1.72. The van der Waals surface area contributed by atoms with Crippen LogP contribution in [0.25, 0.3) is 0 Å². The molecule has 1 aromatic heterocycles. The molecule has 0 amide bonds. The molecule has 5 heteroatoms. The van der Waals surface area contributed by atoms with E-state index in [1.54, 1.807) is 0 Å². The molecule has 3 aromatic carbocycles. The number of benzene rings is 3. The second kappa shape index (κ2) is 10.0. The zero-order valence-electron chi connectivity index (χ0n) is 25.2. The first kappa shape index (κ1) is 26.5. The number of pyridine rings is 1. The van der Waals surface area contributed by atoms with E-state index in [0.29, 0.717) is 23.7 Å². The van der Waals surface area contributed by atoms with Crippen molar-refractivity contribution in [1.29, 1.82) is 0 Å². The van der Waals surface area contributed by atoms with Crippen molar-refractivity contribution in [3.63, 3.8) is 0 Å². The molecule has 0 radical (unpaired) electrons. The number of fused-ring (bicyclic) bond motifs is 5. The van der Waals surface area contributed by atoms with Gasteiger partial charge in [-0.05, 0) is 70.2 Å². The van der Waals surface area contributed by atoms with Crippen molar-refractivity contribution >= 4 is 41.4 Å². The van der Waals surface area contributed by atoms with Gasteiger partial charge in [-0.2, -0.15) is 0 Å². The molecule has 204 valence electrons. The molecule has 2 aliphatic rings. The fourth-order valence-corrected chi connectivity index (χ4v) is 6.63. The van der Waals surface area contributed by atoms with E-state index in [1.807, 2.05) is 6.20 Å². The Kier molecular flexibility index (Phi) is 6.64. The molecule has 4 nitrogen and oxygen atoms in total. The minimum absolute atomic E-state index is 0.0999. The summed E-state index contributed by atoms with van der Waals surface area (Å²) in [6, 6.07) is 27.0. The highest BCUT2D eigenvalue weighted by Crippen LogP contribution is 2.58. The van der Waals surface area contributed by atoms with Crippen LogP contribution in [0.5, 0.6) is 0 Å². The molecule has 4 aromatic rings. The zero-order valence-corrected chi connectivity index (χ0v) is 25.2. The molecule has 2 aliphatic heterocycles. The van der Waals surface area contributed by atoms with E-state index in [2.05, 4.69) is 143 Å². The van der Waals surface area contributed by atoms with Gasteiger partial charge >= 0.3 is 7.12 Å². The summed E-state index contributed by atoms with van der Waals surface area (Å²) in [4.78, 5) is 12.7. The molecule has 0 aliphatic carbocycles. The van der Waals surface area contributed by atoms with Gasteiger partial charge in [-0.25, -0.2) is 4.98 Å². The van der Waals surface area contributed by atoms with Crippen molar-refractivity contribution in [2.45, 2.75) is 79.1 Å². The summed E-state index contributed by atoms with van der Waals surface area (Å²) in [5.74, 6) is 2.56. The van der Waals surface area contributed by atoms with Crippen LogP contribution < -0.4 is 14.4 Å². The highest BCUT2D eigenvalue weighted by Gasteiger charge is 2.55. The van der Waals surface area contributed by atoms with Crippen molar-refractivity contribution in [2.75, 3.05) is 14.4 Å². The predicted octanol–water partition coefficient (Wildman–Crippen LogP) is 10.0. The van der Waals surface area contributed by atoms with Crippen LogP contribution in [0.3, 0.4) is 0 Å². The van der Waals surface area contributed by atoms with Gasteiger partial charge in [0, 0.05) is 17.6 Å². The number of hydrogen-bond acceptors (Lipinski definition) is 4. The molecule has 6 rings (SSSR count). The van der Waals surface area contributed by atoms with Crippen LogP contribution in [-0.4, -0.2) is 12.1 Å². The van der Waals surface area contributed by atoms with Crippen LogP contribution in [0.15, 0.2) is 79.0 Å². The van der Waals surface area contributed by atoms with Crippen LogP contribution in [0.4, 0.5) is 34.3 Å². The fraction of sp³-hybridized carbons (Fsp3) is 0.343. The summed E-state index contributed by atoms with van der Waals surface area (Å²) >= 11 is 0. The van der Waals surface area contributed by atoms with Gasteiger partial charge in [0.2, 0.25) is 0 Å². The van der Waals surface area contributed by atoms with Crippen LogP contribution in [0, 0.1) is 0 Å². The summed E-state index contributed by atoms with van der Waals surface area (Å²) in [6.45, 7) is 18.5. The lowest BCUT2D eigenvalue weighted by Crippen LogP contribution is -2.52. The number of rotatable bonds is 6. The van der Waals surface area contributed by atoms with E-state index in [9.17, 15) is 0 Å². The van der Waals surface area contributed by atoms with Crippen molar-refractivity contribution in [2.24, 2.45) is 0 Å². The minimum Gasteiger partial charge on any atom is -0.343 e. The average molecular weight is 529 g/mol. The van der Waals surface area contributed by atoms with E-state index >= 15 is 0 Å². The normalized spacial score (nSPS) is 14.2. The van der Waals surface area contributed by atoms with Crippen molar-refractivity contribution in [3.05, 3.63) is 101 Å². The molecule has 0 saturated heterocycles. The van der Waals surface area contributed by atoms with Gasteiger partial charge in [-0.1, -0.05) is 104 Å². The average Bonchev–Trinajstić information content (AvgIpc) is 3.44. The summed E-state index contributed by atoms with van der Waals surface area (Å²) in [6.07, 6.45) is 1.93. The Bertz CT molecular complexity index is 1390. The van der Waals surface area contributed by atoms with Crippen LogP contribution in [0.1, 0.15) is 101 Å². The molecule has 0 fully saturated rings. The molecule has 0 unspecified atom stereocenters. The molecular weight excluding hydrogens is 487 g/mol. The molecule has 0 spiro atoms. The Labute approximate surface area is 240 Å². The van der Waals surface area contributed by atoms with Crippen LogP contribution >= 0.6 is 0 Å². The Morgan fingerprint density at radius 3 is 1.32 bits per heavy atom. The third kappa shape index (κ3) is 3.93. The number of anilines is 6. The Morgan fingerprint density at radius 2 is 0.875 bits per heavy atom. The first-order chi connectivity index (χ1) is 19.2. The number of para-hydroxylation sites is 4. The smallest absolute Gasteiger partial charge is 0.343 e. The quantitative estimate of drug-likeness (QED) is 0.232. The largest absolute Gasteiger partial charge is 0.520 e. The highest BCUT2D eigenvalue weighted by molar-refractivity contribution is 6.80. The summed E-state index contributed by atoms with van der Waals surface area (Å²) in [7, 11) is -0.0999. The standard InChI is InChI=1S/C35H41BN4/c1-22(2)26-14-11-15-27(23(3)4)33(26)38-30-18-9-10-19-31(30)40-35-32(20-13-21-37-35)39(36(38)40)34-28(24(5)6)16-12-17-29(34)25(7)8/h9-25H,1-8H3. The molecule has 40 heavy (non-hydrogen) atoms. The maximum Gasteiger partial charge on any atom is 0.520 e. The summed E-state index contributed by atoms with van der Waals surface area (Å²) < 4.78 is 0. The zero-order chi connectivity index (χ0) is 28.3. The van der Waals surface area contributed by atoms with E-state index in [0.717, 1.165) is 11.5 Å². The van der Waals surface area contributed by atoms with Gasteiger partial charge in [0.15, 0.2) is 0 Å². The third-order valence-electron chi connectivity index (χ3n) is 8.51. The van der Waals surface area contributed by atoms with Gasteiger partial charge in [0.05, 0.1) is 17.1 Å². The molecule has 3 heterocycles. The van der Waals surface area contributed by atoms with Crippen LogP contribution in [-0.2, 0) is 0 Å². The van der Waals surface area contributed by atoms with Gasteiger partial charge in [-0.3, -0.25) is 0 Å². The maximum absolute atomic E-state index is 5.03. The van der Waals surface area contributed by atoms with E-state index in [-0.39, 0.29) is 7.12 Å². The van der Waals surface area contributed by atoms with Crippen molar-refractivity contribution in [1.82, 2.24) is 4.98 Å². The molecule has 0 N–H and O–H groups in total. The van der Waals surface area contributed by atoms with Gasteiger partial charge in [-0.15, -0.1) is 0 Å². The van der Waals surface area contributed by atoms with Crippen LogP contribution in [0.2, 0.25) is 0 Å². The second-order valence-corrected chi connectivity index (χ2v) is 12.5. The minimum atomic E-state index is -0.0999.